The van der Waals surface area contributed by atoms with Crippen LogP contribution < -0.4 is 10.1 Å². The van der Waals surface area contributed by atoms with Gasteiger partial charge in [0.05, 0.1) is 6.61 Å². The van der Waals surface area contributed by atoms with Crippen molar-refractivity contribution in [1.29, 1.82) is 0 Å². The molecule has 2 aromatic carbocycles. The number of carbonyl (C=O) groups is 1. The Balaban J connectivity index is 1.32. The van der Waals surface area contributed by atoms with Gasteiger partial charge in [0.2, 0.25) is 5.91 Å². The maximum Gasteiger partial charge on any atom is 0.220 e. The van der Waals surface area contributed by atoms with Crippen molar-refractivity contribution >= 4 is 5.91 Å². The minimum absolute atomic E-state index is 0.108. The van der Waals surface area contributed by atoms with Crippen molar-refractivity contribution < 1.29 is 9.53 Å². The van der Waals surface area contributed by atoms with Crippen LogP contribution in [0.5, 0.6) is 5.75 Å². The highest BCUT2D eigenvalue weighted by Crippen LogP contribution is 2.19. The molecule has 0 spiro atoms. The fourth-order valence-corrected chi connectivity index (χ4v) is 3.82. The van der Waals surface area contributed by atoms with E-state index >= 15 is 0 Å². The number of unbranched alkanes of at least 4 members (excludes halogenated alkanes) is 1. The van der Waals surface area contributed by atoms with Gasteiger partial charge in [0, 0.05) is 45.7 Å². The zero-order valence-electron chi connectivity index (χ0n) is 19.3. The first-order chi connectivity index (χ1) is 15.0. The maximum absolute atomic E-state index is 12.2. The summed E-state index contributed by atoms with van der Waals surface area (Å²) in [5.41, 5.74) is 4.84. The van der Waals surface area contributed by atoms with E-state index in [2.05, 4.69) is 78.5 Å². The number of aryl methyl sites for hydroxylation is 2. The standard InChI is InChI=1S/C26H37N3O2/c1-21-10-11-22(2)25(17-21)31-16-5-4-9-26(30)27-19-23-7-6-8-24(18-23)20-29-14-12-28(3)13-15-29/h6-8,10-11,17-18H,4-5,9,12-16,19-20H2,1-3H3,(H,27,30). The highest BCUT2D eigenvalue weighted by Gasteiger charge is 2.14. The molecule has 1 amide bonds. The molecule has 0 bridgehead atoms. The molecule has 0 radical (unpaired) electrons. The Morgan fingerprint density at radius 3 is 2.58 bits per heavy atom. The van der Waals surface area contributed by atoms with Crippen LogP contribution in [0.1, 0.15) is 41.5 Å². The predicted octanol–water partition coefficient (Wildman–Crippen LogP) is 3.92. The van der Waals surface area contributed by atoms with Crippen LogP contribution in [-0.4, -0.2) is 55.5 Å². The molecule has 0 aliphatic carbocycles. The van der Waals surface area contributed by atoms with Crippen LogP contribution in [0.2, 0.25) is 0 Å². The number of piperazine rings is 1. The van der Waals surface area contributed by atoms with E-state index in [1.165, 1.54) is 16.7 Å². The van der Waals surface area contributed by atoms with Gasteiger partial charge in [-0.15, -0.1) is 0 Å². The first kappa shape index (κ1) is 23.3. The van der Waals surface area contributed by atoms with Crippen LogP contribution in [-0.2, 0) is 17.9 Å². The Morgan fingerprint density at radius 1 is 1.00 bits per heavy atom. The summed E-state index contributed by atoms with van der Waals surface area (Å²) in [4.78, 5) is 17.1. The second-order valence-corrected chi connectivity index (χ2v) is 8.75. The Bertz CT molecular complexity index is 844. The number of nitrogens with one attached hydrogen (secondary N) is 1. The van der Waals surface area contributed by atoms with E-state index in [1.54, 1.807) is 0 Å². The number of hydrogen-bond acceptors (Lipinski definition) is 4. The minimum Gasteiger partial charge on any atom is -0.493 e. The van der Waals surface area contributed by atoms with E-state index in [0.717, 1.165) is 56.9 Å². The van der Waals surface area contributed by atoms with E-state index in [9.17, 15) is 4.79 Å². The molecule has 31 heavy (non-hydrogen) atoms. The number of hydrogen-bond donors (Lipinski definition) is 1. The van der Waals surface area contributed by atoms with E-state index in [0.29, 0.717) is 19.6 Å². The van der Waals surface area contributed by atoms with Gasteiger partial charge in [-0.1, -0.05) is 36.4 Å². The van der Waals surface area contributed by atoms with Gasteiger partial charge in [-0.2, -0.15) is 0 Å². The zero-order valence-corrected chi connectivity index (χ0v) is 19.3. The van der Waals surface area contributed by atoms with Crippen LogP contribution in [0.15, 0.2) is 42.5 Å². The third kappa shape index (κ3) is 8.00. The predicted molar refractivity (Wildman–Crippen MR) is 126 cm³/mol. The topological polar surface area (TPSA) is 44.8 Å². The maximum atomic E-state index is 12.2. The molecule has 168 valence electrons. The summed E-state index contributed by atoms with van der Waals surface area (Å²) < 4.78 is 5.87. The average Bonchev–Trinajstić information content (AvgIpc) is 2.76. The smallest absolute Gasteiger partial charge is 0.220 e. The molecule has 0 saturated carbocycles. The number of rotatable bonds is 10. The molecule has 1 heterocycles. The van der Waals surface area contributed by atoms with Crippen molar-refractivity contribution in [3.05, 3.63) is 64.7 Å². The zero-order chi connectivity index (χ0) is 22.1. The first-order valence-electron chi connectivity index (χ1n) is 11.4. The van der Waals surface area contributed by atoms with Crippen molar-refractivity contribution in [1.82, 2.24) is 15.1 Å². The third-order valence-corrected chi connectivity index (χ3v) is 5.88. The summed E-state index contributed by atoms with van der Waals surface area (Å²) >= 11 is 0. The number of nitrogens with zero attached hydrogens (tertiary/aromatic N) is 2. The molecule has 1 aliphatic heterocycles. The van der Waals surface area contributed by atoms with E-state index in [-0.39, 0.29) is 5.91 Å². The molecule has 3 rings (SSSR count). The summed E-state index contributed by atoms with van der Waals surface area (Å²) in [5, 5.41) is 3.06. The lowest BCUT2D eigenvalue weighted by molar-refractivity contribution is -0.121. The van der Waals surface area contributed by atoms with Gasteiger partial charge in [-0.3, -0.25) is 9.69 Å². The molecule has 1 saturated heterocycles. The number of benzene rings is 2. The minimum atomic E-state index is 0.108. The van der Waals surface area contributed by atoms with Gasteiger partial charge in [0.15, 0.2) is 0 Å². The van der Waals surface area contributed by atoms with Crippen molar-refractivity contribution in [2.45, 2.75) is 46.2 Å². The van der Waals surface area contributed by atoms with E-state index in [1.807, 2.05) is 0 Å². The fraction of sp³-hybridized carbons (Fsp3) is 0.500. The van der Waals surface area contributed by atoms with Crippen LogP contribution in [0, 0.1) is 13.8 Å². The Morgan fingerprint density at radius 2 is 1.77 bits per heavy atom. The summed E-state index contributed by atoms with van der Waals surface area (Å²) in [6, 6.07) is 14.8. The largest absolute Gasteiger partial charge is 0.493 e. The highest BCUT2D eigenvalue weighted by atomic mass is 16.5. The van der Waals surface area contributed by atoms with Crippen molar-refractivity contribution in [3.63, 3.8) is 0 Å². The summed E-state index contributed by atoms with van der Waals surface area (Å²) in [6.07, 6.45) is 2.25. The molecular formula is C26H37N3O2. The van der Waals surface area contributed by atoms with Crippen LogP contribution in [0.25, 0.3) is 0 Å². The third-order valence-electron chi connectivity index (χ3n) is 5.88. The molecule has 1 aliphatic rings. The van der Waals surface area contributed by atoms with Gasteiger partial charge in [0.25, 0.3) is 0 Å². The van der Waals surface area contributed by atoms with Crippen LogP contribution >= 0.6 is 0 Å². The SMILES string of the molecule is Cc1ccc(C)c(OCCCCC(=O)NCc2cccc(CN3CCN(C)CC3)c2)c1. The lowest BCUT2D eigenvalue weighted by atomic mass is 10.1. The summed E-state index contributed by atoms with van der Waals surface area (Å²) in [5.74, 6) is 1.05. The Kier molecular flexibility index (Phi) is 8.92. The van der Waals surface area contributed by atoms with Crippen LogP contribution in [0.4, 0.5) is 0 Å². The van der Waals surface area contributed by atoms with Crippen LogP contribution in [0.3, 0.4) is 0 Å². The van der Waals surface area contributed by atoms with Crippen molar-refractivity contribution in [2.24, 2.45) is 0 Å². The molecular weight excluding hydrogens is 386 g/mol. The van der Waals surface area contributed by atoms with Gasteiger partial charge in [0.1, 0.15) is 5.75 Å². The molecule has 5 heteroatoms. The lowest BCUT2D eigenvalue weighted by Crippen LogP contribution is -2.43. The summed E-state index contributed by atoms with van der Waals surface area (Å²) in [6.45, 7) is 10.8. The molecule has 5 nitrogen and oxygen atoms in total. The van der Waals surface area contributed by atoms with Crippen molar-refractivity contribution in [3.8, 4) is 5.75 Å². The average molecular weight is 424 g/mol. The fourth-order valence-electron chi connectivity index (χ4n) is 3.82. The highest BCUT2D eigenvalue weighted by molar-refractivity contribution is 5.75. The number of amides is 1. The van der Waals surface area contributed by atoms with Gasteiger partial charge in [-0.05, 0) is 62.1 Å². The second kappa shape index (κ2) is 11.9. The number of carbonyl (C=O) groups excluding carboxylic acids is 1. The Hall–Kier alpha value is -2.37. The molecule has 1 fully saturated rings. The monoisotopic (exact) mass is 423 g/mol. The van der Waals surface area contributed by atoms with Gasteiger partial charge < -0.3 is 15.0 Å². The molecule has 0 unspecified atom stereocenters. The number of ether oxygens (including phenoxy) is 1. The van der Waals surface area contributed by atoms with E-state index in [4.69, 9.17) is 4.74 Å². The molecule has 1 N–H and O–H groups in total. The van der Waals surface area contributed by atoms with E-state index < -0.39 is 0 Å². The summed E-state index contributed by atoms with van der Waals surface area (Å²) in [7, 11) is 2.18. The Labute approximate surface area is 187 Å². The van der Waals surface area contributed by atoms with Gasteiger partial charge >= 0.3 is 0 Å². The first-order valence-corrected chi connectivity index (χ1v) is 11.4. The molecule has 0 atom stereocenters. The normalized spacial score (nSPS) is 15.1. The van der Waals surface area contributed by atoms with Crippen molar-refractivity contribution in [2.75, 3.05) is 39.8 Å². The molecule has 2 aromatic rings. The quantitative estimate of drug-likeness (QED) is 0.589. The number of likely N-dealkylation sites (N-methyl/N-ethyl adjacent to an activating group) is 1. The second-order valence-electron chi connectivity index (χ2n) is 8.75. The molecule has 0 aromatic heterocycles. The van der Waals surface area contributed by atoms with Gasteiger partial charge in [-0.25, -0.2) is 0 Å². The lowest BCUT2D eigenvalue weighted by Gasteiger charge is -2.32.